The predicted octanol–water partition coefficient (Wildman–Crippen LogP) is 4.67. The van der Waals surface area contributed by atoms with Gasteiger partial charge in [0.1, 0.15) is 11.5 Å². The fourth-order valence-electron chi connectivity index (χ4n) is 4.65. The van der Waals surface area contributed by atoms with Crippen LogP contribution in [-0.4, -0.2) is 65.4 Å². The first-order chi connectivity index (χ1) is 16.7. The average Bonchev–Trinajstić information content (AvgIpc) is 3.36. The van der Waals surface area contributed by atoms with E-state index in [-0.39, 0.29) is 17.3 Å². The number of carbonyl (C=O) groups is 2. The molecule has 7 heteroatoms. The zero-order valence-electron chi connectivity index (χ0n) is 21.0. The molecule has 0 saturated carbocycles. The largest absolute Gasteiger partial charge is 0.507 e. The summed E-state index contributed by atoms with van der Waals surface area (Å²) in [5.74, 6) is -0.541. The Kier molecular flexibility index (Phi) is 6.98. The maximum atomic E-state index is 13.3. The molecular weight excluding hydrogens is 442 g/mol. The van der Waals surface area contributed by atoms with Gasteiger partial charge in [0.2, 0.25) is 0 Å². The number of aliphatic hydroxyl groups is 1. The van der Waals surface area contributed by atoms with E-state index in [4.69, 9.17) is 4.74 Å². The van der Waals surface area contributed by atoms with Gasteiger partial charge in [0.25, 0.3) is 11.7 Å². The van der Waals surface area contributed by atoms with Crippen LogP contribution in [-0.2, 0) is 9.59 Å². The Hall–Kier alpha value is -3.58. The average molecular weight is 476 g/mol. The third-order valence-electron chi connectivity index (χ3n) is 6.45. The smallest absolute Gasteiger partial charge is 0.295 e. The van der Waals surface area contributed by atoms with Crippen LogP contribution in [0.1, 0.15) is 49.4 Å². The van der Waals surface area contributed by atoms with Crippen molar-refractivity contribution in [2.75, 3.05) is 33.8 Å². The molecule has 2 heterocycles. The third-order valence-corrected chi connectivity index (χ3v) is 6.45. The summed E-state index contributed by atoms with van der Waals surface area (Å²) in [5.41, 5.74) is 3.23. The van der Waals surface area contributed by atoms with E-state index in [0.717, 1.165) is 27.8 Å². The molecule has 3 aromatic rings. The van der Waals surface area contributed by atoms with E-state index in [9.17, 15) is 14.7 Å². The molecule has 0 radical (unpaired) electrons. The summed E-state index contributed by atoms with van der Waals surface area (Å²) in [7, 11) is 3.84. The second-order valence-corrected chi connectivity index (χ2v) is 9.43. The number of Topliss-reactive ketones (excluding diaryl/α,β-unsaturated/α-hetero) is 1. The van der Waals surface area contributed by atoms with Gasteiger partial charge in [-0.15, -0.1) is 0 Å². The van der Waals surface area contributed by atoms with Gasteiger partial charge in [0, 0.05) is 41.3 Å². The maximum Gasteiger partial charge on any atom is 0.295 e. The molecule has 1 aromatic heterocycles. The van der Waals surface area contributed by atoms with Gasteiger partial charge in [-0.2, -0.15) is 0 Å². The van der Waals surface area contributed by atoms with Crippen molar-refractivity contribution in [1.29, 1.82) is 0 Å². The molecule has 0 spiro atoms. The number of rotatable bonds is 8. The van der Waals surface area contributed by atoms with E-state index in [1.807, 2.05) is 82.4 Å². The number of benzene rings is 2. The number of aromatic nitrogens is 1. The van der Waals surface area contributed by atoms with Crippen LogP contribution >= 0.6 is 0 Å². The van der Waals surface area contributed by atoms with Crippen LogP contribution < -0.4 is 4.74 Å². The summed E-state index contributed by atoms with van der Waals surface area (Å²) >= 11 is 0. The first-order valence-electron chi connectivity index (χ1n) is 12.0. The lowest BCUT2D eigenvalue weighted by atomic mass is 9.93. The van der Waals surface area contributed by atoms with E-state index < -0.39 is 17.7 Å². The van der Waals surface area contributed by atoms with Crippen LogP contribution in [0.4, 0.5) is 0 Å². The van der Waals surface area contributed by atoms with Crippen molar-refractivity contribution in [2.45, 2.75) is 32.7 Å². The zero-order chi connectivity index (χ0) is 25.3. The van der Waals surface area contributed by atoms with E-state index in [1.165, 1.54) is 0 Å². The summed E-state index contributed by atoms with van der Waals surface area (Å²) in [5, 5.41) is 12.4. The molecule has 4 rings (SSSR count). The van der Waals surface area contributed by atoms with Crippen LogP contribution in [0.2, 0.25) is 0 Å². The second kappa shape index (κ2) is 9.96. The van der Waals surface area contributed by atoms with Crippen LogP contribution in [0.5, 0.6) is 5.75 Å². The molecule has 1 aliphatic heterocycles. The SMILES string of the molecule is CCOc1ccc(/C(O)=C2\C(=O)C(=O)N(CCN(C)C)C2c2c[nH]c3ccccc23)cc1C(C)C. The lowest BCUT2D eigenvalue weighted by Gasteiger charge is -2.26. The van der Waals surface area contributed by atoms with Crippen LogP contribution in [0.25, 0.3) is 16.7 Å². The van der Waals surface area contributed by atoms with Crippen LogP contribution in [0.15, 0.2) is 54.2 Å². The van der Waals surface area contributed by atoms with Crippen molar-refractivity contribution in [3.05, 3.63) is 70.9 Å². The summed E-state index contributed by atoms with van der Waals surface area (Å²) in [6.07, 6.45) is 1.83. The van der Waals surface area contributed by atoms with Crippen molar-refractivity contribution in [3.63, 3.8) is 0 Å². The molecule has 7 nitrogen and oxygen atoms in total. The van der Waals surface area contributed by atoms with E-state index >= 15 is 0 Å². The number of ketones is 1. The van der Waals surface area contributed by atoms with Gasteiger partial charge in [0.15, 0.2) is 0 Å². The van der Waals surface area contributed by atoms with Crippen LogP contribution in [0, 0.1) is 0 Å². The predicted molar refractivity (Wildman–Crippen MR) is 138 cm³/mol. The Bertz CT molecular complexity index is 1290. The molecule has 0 bridgehead atoms. The number of amides is 1. The van der Waals surface area contributed by atoms with Gasteiger partial charge < -0.3 is 24.6 Å². The van der Waals surface area contributed by atoms with Gasteiger partial charge in [-0.1, -0.05) is 32.0 Å². The monoisotopic (exact) mass is 475 g/mol. The number of likely N-dealkylation sites (tertiary alicyclic amines) is 1. The maximum absolute atomic E-state index is 13.3. The molecule has 35 heavy (non-hydrogen) atoms. The molecule has 1 aliphatic rings. The Morgan fingerprint density at radius 3 is 2.60 bits per heavy atom. The number of ether oxygens (including phenoxy) is 1. The van der Waals surface area contributed by atoms with Crippen molar-refractivity contribution >= 4 is 28.4 Å². The lowest BCUT2D eigenvalue weighted by Crippen LogP contribution is -2.35. The molecule has 1 amide bonds. The number of aromatic amines is 1. The number of hydrogen-bond donors (Lipinski definition) is 2. The number of para-hydroxylation sites is 1. The van der Waals surface area contributed by atoms with Crippen molar-refractivity contribution < 1.29 is 19.4 Å². The standard InChI is InChI=1S/C28H33N3O4/c1-6-35-23-12-11-18(15-20(23)17(2)3)26(32)24-25(21-16-29-22-10-8-7-9-19(21)22)31(14-13-30(4)5)28(34)27(24)33/h7-12,15-17,25,29,32H,6,13-14H2,1-5H3/b26-24+. The zero-order valence-corrected chi connectivity index (χ0v) is 21.0. The minimum Gasteiger partial charge on any atom is -0.507 e. The van der Waals surface area contributed by atoms with Crippen molar-refractivity contribution in [1.82, 2.24) is 14.8 Å². The Morgan fingerprint density at radius 1 is 1.17 bits per heavy atom. The van der Waals surface area contributed by atoms with Crippen molar-refractivity contribution in [3.8, 4) is 5.75 Å². The van der Waals surface area contributed by atoms with Gasteiger partial charge >= 0.3 is 0 Å². The first kappa shape index (κ1) is 24.5. The number of nitrogens with one attached hydrogen (secondary N) is 1. The van der Waals surface area contributed by atoms with E-state index in [2.05, 4.69) is 4.98 Å². The second-order valence-electron chi connectivity index (χ2n) is 9.43. The number of H-pyrrole nitrogens is 1. The Balaban J connectivity index is 1.90. The highest BCUT2D eigenvalue weighted by atomic mass is 16.5. The van der Waals surface area contributed by atoms with Gasteiger partial charge in [-0.3, -0.25) is 9.59 Å². The highest BCUT2D eigenvalue weighted by Crippen LogP contribution is 2.42. The topological polar surface area (TPSA) is 85.9 Å². The molecule has 2 aromatic carbocycles. The number of nitrogens with zero attached hydrogens (tertiary/aromatic N) is 2. The summed E-state index contributed by atoms with van der Waals surface area (Å²) < 4.78 is 5.76. The molecular formula is C28H33N3O4. The number of likely N-dealkylation sites (N-methyl/N-ethyl adjacent to an activating group) is 1. The molecule has 1 unspecified atom stereocenters. The fourth-order valence-corrected chi connectivity index (χ4v) is 4.65. The number of hydrogen-bond acceptors (Lipinski definition) is 5. The van der Waals surface area contributed by atoms with Crippen molar-refractivity contribution in [2.24, 2.45) is 0 Å². The first-order valence-corrected chi connectivity index (χ1v) is 12.0. The summed E-state index contributed by atoms with van der Waals surface area (Å²) in [6, 6.07) is 12.5. The summed E-state index contributed by atoms with van der Waals surface area (Å²) in [4.78, 5) is 33.3. The normalized spacial score (nSPS) is 17.8. The van der Waals surface area contributed by atoms with E-state index in [0.29, 0.717) is 25.3 Å². The Labute approximate surface area is 206 Å². The molecule has 2 N–H and O–H groups in total. The summed E-state index contributed by atoms with van der Waals surface area (Å²) in [6.45, 7) is 7.50. The minimum absolute atomic E-state index is 0.109. The molecule has 0 aliphatic carbocycles. The molecule has 1 atom stereocenters. The number of carbonyl (C=O) groups excluding carboxylic acids is 2. The minimum atomic E-state index is -0.694. The fraction of sp³-hybridized carbons (Fsp3) is 0.357. The van der Waals surface area contributed by atoms with Gasteiger partial charge in [-0.05, 0) is 56.8 Å². The van der Waals surface area contributed by atoms with E-state index in [1.54, 1.807) is 11.0 Å². The van der Waals surface area contributed by atoms with Gasteiger partial charge in [-0.25, -0.2) is 0 Å². The Morgan fingerprint density at radius 2 is 1.91 bits per heavy atom. The highest BCUT2D eigenvalue weighted by Gasteiger charge is 2.46. The van der Waals surface area contributed by atoms with Crippen LogP contribution in [0.3, 0.4) is 0 Å². The number of fused-ring (bicyclic) bond motifs is 1. The highest BCUT2D eigenvalue weighted by molar-refractivity contribution is 6.46. The molecule has 1 fully saturated rings. The molecule has 1 saturated heterocycles. The number of aliphatic hydroxyl groups excluding tert-OH is 1. The quantitative estimate of drug-likeness (QED) is 0.281. The third kappa shape index (κ3) is 4.56. The molecule has 184 valence electrons. The van der Waals surface area contributed by atoms with Gasteiger partial charge in [0.05, 0.1) is 18.2 Å². The lowest BCUT2D eigenvalue weighted by molar-refractivity contribution is -0.140.